The molecule has 1 heterocycles. The zero-order chi connectivity index (χ0) is 6.10. The van der Waals surface area contributed by atoms with Crippen LogP contribution in [0.25, 0.3) is 0 Å². The SMILES string of the molecule is C1CC[C@@H]2OCC[C@@H]2C1. The normalized spacial score (nSPS) is 42.7. The van der Waals surface area contributed by atoms with Gasteiger partial charge in [-0.2, -0.15) is 0 Å². The van der Waals surface area contributed by atoms with Crippen LogP contribution in [0.4, 0.5) is 0 Å². The van der Waals surface area contributed by atoms with Crippen LogP contribution in [-0.2, 0) is 4.74 Å². The van der Waals surface area contributed by atoms with Crippen molar-refractivity contribution < 1.29 is 4.74 Å². The summed E-state index contributed by atoms with van der Waals surface area (Å²) in [5, 5.41) is 0. The van der Waals surface area contributed by atoms with E-state index in [1.165, 1.54) is 32.1 Å². The Balaban J connectivity index is 1.97. The quantitative estimate of drug-likeness (QED) is 0.482. The lowest BCUT2D eigenvalue weighted by Gasteiger charge is -2.22. The van der Waals surface area contributed by atoms with Crippen molar-refractivity contribution in [2.75, 3.05) is 6.61 Å². The number of ether oxygens (including phenoxy) is 1. The van der Waals surface area contributed by atoms with Gasteiger partial charge in [0.05, 0.1) is 6.10 Å². The summed E-state index contributed by atoms with van der Waals surface area (Å²) in [6.45, 7) is 1.04. The van der Waals surface area contributed by atoms with Gasteiger partial charge in [0.15, 0.2) is 0 Å². The lowest BCUT2D eigenvalue weighted by Crippen LogP contribution is -2.19. The molecule has 0 amide bonds. The third-order valence-electron chi connectivity index (χ3n) is 2.66. The Morgan fingerprint density at radius 3 is 2.78 bits per heavy atom. The third-order valence-corrected chi connectivity index (χ3v) is 2.66. The van der Waals surface area contributed by atoms with Crippen molar-refractivity contribution in [2.24, 2.45) is 5.92 Å². The second-order valence-electron chi connectivity index (χ2n) is 3.24. The molecule has 1 saturated heterocycles. The Morgan fingerprint density at radius 1 is 1.00 bits per heavy atom. The van der Waals surface area contributed by atoms with E-state index in [1.807, 2.05) is 0 Å². The molecule has 1 aliphatic carbocycles. The van der Waals surface area contributed by atoms with Crippen molar-refractivity contribution in [1.82, 2.24) is 0 Å². The van der Waals surface area contributed by atoms with Gasteiger partial charge in [-0.25, -0.2) is 0 Å². The first kappa shape index (κ1) is 5.72. The monoisotopic (exact) mass is 126 g/mol. The van der Waals surface area contributed by atoms with Gasteiger partial charge in [0.25, 0.3) is 0 Å². The second-order valence-corrected chi connectivity index (χ2v) is 3.24. The lowest BCUT2D eigenvalue weighted by molar-refractivity contribution is 0.0663. The van der Waals surface area contributed by atoms with E-state index in [0.29, 0.717) is 6.10 Å². The molecule has 0 radical (unpaired) electrons. The molecular weight excluding hydrogens is 112 g/mol. The van der Waals surface area contributed by atoms with E-state index in [1.54, 1.807) is 0 Å². The van der Waals surface area contributed by atoms with Crippen LogP contribution in [0, 0.1) is 5.92 Å². The molecule has 1 heteroatoms. The molecule has 0 bridgehead atoms. The third kappa shape index (κ3) is 0.983. The number of hydrogen-bond donors (Lipinski definition) is 0. The first-order chi connectivity index (χ1) is 4.47. The summed E-state index contributed by atoms with van der Waals surface area (Å²) in [7, 11) is 0. The smallest absolute Gasteiger partial charge is 0.0604 e. The number of rotatable bonds is 0. The highest BCUT2D eigenvalue weighted by Crippen LogP contribution is 2.33. The van der Waals surface area contributed by atoms with Crippen molar-refractivity contribution in [2.45, 2.75) is 38.2 Å². The van der Waals surface area contributed by atoms with Crippen molar-refractivity contribution >= 4 is 0 Å². The van der Waals surface area contributed by atoms with Gasteiger partial charge in [-0.3, -0.25) is 0 Å². The maximum atomic E-state index is 5.56. The molecule has 2 atom stereocenters. The fourth-order valence-corrected chi connectivity index (χ4v) is 2.09. The van der Waals surface area contributed by atoms with E-state index < -0.39 is 0 Å². The largest absolute Gasteiger partial charge is 0.378 e. The molecule has 0 aromatic rings. The molecular formula is C8H14O. The lowest BCUT2D eigenvalue weighted by atomic mass is 9.86. The van der Waals surface area contributed by atoms with E-state index in [2.05, 4.69) is 0 Å². The molecule has 0 unspecified atom stereocenters. The van der Waals surface area contributed by atoms with Crippen LogP contribution in [0.1, 0.15) is 32.1 Å². The van der Waals surface area contributed by atoms with Crippen molar-refractivity contribution in [3.63, 3.8) is 0 Å². The van der Waals surface area contributed by atoms with Gasteiger partial charge < -0.3 is 4.74 Å². The first-order valence-electron chi connectivity index (χ1n) is 4.08. The molecule has 2 rings (SSSR count). The summed E-state index contributed by atoms with van der Waals surface area (Å²) in [6, 6.07) is 0. The van der Waals surface area contributed by atoms with Crippen LogP contribution < -0.4 is 0 Å². The fraction of sp³-hybridized carbons (Fsp3) is 1.00. The van der Waals surface area contributed by atoms with E-state index in [4.69, 9.17) is 4.74 Å². The average Bonchev–Trinajstić information content (AvgIpc) is 2.33. The molecule has 0 aromatic carbocycles. The topological polar surface area (TPSA) is 9.23 Å². The van der Waals surface area contributed by atoms with Crippen LogP contribution in [0.2, 0.25) is 0 Å². The Hall–Kier alpha value is -0.0400. The summed E-state index contributed by atoms with van der Waals surface area (Å²) in [6.07, 6.45) is 7.63. The molecule has 1 saturated carbocycles. The summed E-state index contributed by atoms with van der Waals surface area (Å²) < 4.78 is 5.56. The number of fused-ring (bicyclic) bond motifs is 1. The van der Waals surface area contributed by atoms with Crippen molar-refractivity contribution in [3.05, 3.63) is 0 Å². The van der Waals surface area contributed by atoms with E-state index in [0.717, 1.165) is 12.5 Å². The van der Waals surface area contributed by atoms with Gasteiger partial charge in [0.2, 0.25) is 0 Å². The van der Waals surface area contributed by atoms with E-state index in [-0.39, 0.29) is 0 Å². The zero-order valence-corrected chi connectivity index (χ0v) is 5.81. The van der Waals surface area contributed by atoms with Crippen LogP contribution in [0.3, 0.4) is 0 Å². The van der Waals surface area contributed by atoms with Crippen LogP contribution in [-0.4, -0.2) is 12.7 Å². The standard InChI is InChI=1S/C8H14O/c1-2-4-8-7(3-1)5-6-9-8/h7-8H,1-6H2/t7-,8-/m0/s1. The highest BCUT2D eigenvalue weighted by atomic mass is 16.5. The van der Waals surface area contributed by atoms with Gasteiger partial charge in [-0.15, -0.1) is 0 Å². The Morgan fingerprint density at radius 2 is 1.89 bits per heavy atom. The van der Waals surface area contributed by atoms with Crippen LogP contribution >= 0.6 is 0 Å². The molecule has 2 aliphatic rings. The summed E-state index contributed by atoms with van der Waals surface area (Å²) in [5.74, 6) is 0.943. The van der Waals surface area contributed by atoms with Gasteiger partial charge in [0.1, 0.15) is 0 Å². The molecule has 9 heavy (non-hydrogen) atoms. The zero-order valence-electron chi connectivity index (χ0n) is 5.81. The molecule has 0 N–H and O–H groups in total. The van der Waals surface area contributed by atoms with Gasteiger partial charge in [0, 0.05) is 6.61 Å². The highest BCUT2D eigenvalue weighted by molar-refractivity contribution is 4.79. The van der Waals surface area contributed by atoms with Crippen LogP contribution in [0.15, 0.2) is 0 Å². The minimum atomic E-state index is 0.666. The minimum absolute atomic E-state index is 0.666. The Kier molecular flexibility index (Phi) is 1.46. The predicted molar refractivity (Wildman–Crippen MR) is 36.3 cm³/mol. The van der Waals surface area contributed by atoms with E-state index >= 15 is 0 Å². The summed E-state index contributed by atoms with van der Waals surface area (Å²) in [5.41, 5.74) is 0. The molecule has 1 nitrogen and oxygen atoms in total. The maximum Gasteiger partial charge on any atom is 0.0604 e. The Bertz CT molecular complexity index is 88.7. The highest BCUT2D eigenvalue weighted by Gasteiger charge is 2.29. The molecule has 0 spiro atoms. The van der Waals surface area contributed by atoms with Gasteiger partial charge in [-0.05, 0) is 25.2 Å². The average molecular weight is 126 g/mol. The van der Waals surface area contributed by atoms with Crippen molar-refractivity contribution in [1.29, 1.82) is 0 Å². The molecule has 1 aliphatic heterocycles. The summed E-state index contributed by atoms with van der Waals surface area (Å²) >= 11 is 0. The van der Waals surface area contributed by atoms with Crippen LogP contribution in [0.5, 0.6) is 0 Å². The fourth-order valence-electron chi connectivity index (χ4n) is 2.09. The molecule has 2 fully saturated rings. The predicted octanol–water partition coefficient (Wildman–Crippen LogP) is 1.97. The maximum absolute atomic E-state index is 5.56. The van der Waals surface area contributed by atoms with E-state index in [9.17, 15) is 0 Å². The molecule has 0 aromatic heterocycles. The van der Waals surface area contributed by atoms with Gasteiger partial charge >= 0.3 is 0 Å². The minimum Gasteiger partial charge on any atom is -0.378 e. The second kappa shape index (κ2) is 2.30. The van der Waals surface area contributed by atoms with Crippen molar-refractivity contribution in [3.8, 4) is 0 Å². The first-order valence-corrected chi connectivity index (χ1v) is 4.08. The van der Waals surface area contributed by atoms with Gasteiger partial charge in [-0.1, -0.05) is 12.8 Å². The number of hydrogen-bond acceptors (Lipinski definition) is 1. The summed E-state index contributed by atoms with van der Waals surface area (Å²) in [4.78, 5) is 0. The molecule has 52 valence electrons. The Labute approximate surface area is 56.4 Å².